The van der Waals surface area contributed by atoms with Gasteiger partial charge in [0.05, 0.1) is 13.1 Å². The second-order valence-electron chi connectivity index (χ2n) is 9.32. The second-order valence-corrected chi connectivity index (χ2v) is 9.32. The average molecular weight is 438 g/mol. The van der Waals surface area contributed by atoms with Crippen molar-refractivity contribution in [1.82, 2.24) is 0 Å². The first-order valence-corrected chi connectivity index (χ1v) is 11.7. The molecule has 5 heteroatoms. The van der Waals surface area contributed by atoms with E-state index in [2.05, 4.69) is 24.4 Å². The van der Waals surface area contributed by atoms with Crippen LogP contribution >= 0.6 is 0 Å². The van der Waals surface area contributed by atoms with Gasteiger partial charge in [-0.1, -0.05) is 48.0 Å². The van der Waals surface area contributed by atoms with E-state index in [1.807, 2.05) is 51.1 Å². The van der Waals surface area contributed by atoms with Crippen molar-refractivity contribution in [2.75, 3.05) is 25.0 Å². The lowest BCUT2D eigenvalue weighted by molar-refractivity contribution is -0.933. The SMILES string of the molecule is Cc1cc(C)c(NC(=O)C(C)[N+]2(CC(=O)OCc3ccccc3)CCCCCC2)c(C)c1. The Morgan fingerprint density at radius 2 is 1.56 bits per heavy atom. The zero-order valence-corrected chi connectivity index (χ0v) is 19.9. The van der Waals surface area contributed by atoms with E-state index < -0.39 is 0 Å². The standard InChI is InChI=1S/C27H36N2O3/c1-20-16-21(2)26(22(3)17-20)28-27(31)23(4)29(14-10-5-6-11-15-29)18-25(30)32-19-24-12-8-7-9-13-24/h7-9,12-13,16-17,23H,5-6,10-11,14-15,18-19H2,1-4H3/p+1. The van der Waals surface area contributed by atoms with E-state index in [-0.39, 0.29) is 31.1 Å². The van der Waals surface area contributed by atoms with Crippen LogP contribution in [0.15, 0.2) is 42.5 Å². The van der Waals surface area contributed by atoms with Crippen LogP contribution in [0.25, 0.3) is 0 Å². The first-order chi connectivity index (χ1) is 15.3. The molecule has 1 saturated heterocycles. The minimum Gasteiger partial charge on any atom is -0.457 e. The molecule has 1 N–H and O–H groups in total. The third-order valence-corrected chi connectivity index (χ3v) is 6.77. The predicted molar refractivity (Wildman–Crippen MR) is 128 cm³/mol. The smallest absolute Gasteiger partial charge is 0.362 e. The fraction of sp³-hybridized carbons (Fsp3) is 0.481. The van der Waals surface area contributed by atoms with Gasteiger partial charge in [0, 0.05) is 5.69 Å². The third-order valence-electron chi connectivity index (χ3n) is 6.77. The topological polar surface area (TPSA) is 55.4 Å². The van der Waals surface area contributed by atoms with Gasteiger partial charge in [0.2, 0.25) is 0 Å². The monoisotopic (exact) mass is 437 g/mol. The van der Waals surface area contributed by atoms with Crippen LogP contribution in [0.1, 0.15) is 54.9 Å². The van der Waals surface area contributed by atoms with Crippen molar-refractivity contribution in [2.24, 2.45) is 0 Å². The summed E-state index contributed by atoms with van der Waals surface area (Å²) in [6, 6.07) is 13.6. The summed E-state index contributed by atoms with van der Waals surface area (Å²) in [4.78, 5) is 26.3. The van der Waals surface area contributed by atoms with Crippen molar-refractivity contribution in [1.29, 1.82) is 0 Å². The second kappa shape index (κ2) is 10.8. The van der Waals surface area contributed by atoms with Crippen LogP contribution < -0.4 is 5.32 Å². The molecular formula is C27H37N2O3+. The fourth-order valence-corrected chi connectivity index (χ4v) is 4.90. The van der Waals surface area contributed by atoms with E-state index in [0.717, 1.165) is 61.2 Å². The Morgan fingerprint density at radius 3 is 2.16 bits per heavy atom. The highest BCUT2D eigenvalue weighted by Gasteiger charge is 2.41. The molecule has 0 spiro atoms. The maximum absolute atomic E-state index is 13.4. The summed E-state index contributed by atoms with van der Waals surface area (Å²) in [6.07, 6.45) is 4.32. The molecule has 32 heavy (non-hydrogen) atoms. The van der Waals surface area contributed by atoms with Gasteiger partial charge in [0.25, 0.3) is 5.91 Å². The number of carbonyl (C=O) groups excluding carboxylic acids is 2. The van der Waals surface area contributed by atoms with E-state index in [0.29, 0.717) is 4.48 Å². The zero-order valence-electron chi connectivity index (χ0n) is 19.9. The molecule has 3 rings (SSSR count). The number of carbonyl (C=O) groups is 2. The Hall–Kier alpha value is -2.66. The maximum atomic E-state index is 13.4. The van der Waals surface area contributed by atoms with E-state index in [1.165, 1.54) is 5.56 Å². The summed E-state index contributed by atoms with van der Waals surface area (Å²) in [7, 11) is 0. The third kappa shape index (κ3) is 5.98. The quantitative estimate of drug-likeness (QED) is 0.486. The number of hydrogen-bond donors (Lipinski definition) is 1. The molecule has 5 nitrogen and oxygen atoms in total. The molecule has 1 aliphatic rings. The van der Waals surface area contributed by atoms with E-state index in [9.17, 15) is 9.59 Å². The predicted octanol–water partition coefficient (Wildman–Crippen LogP) is 5.07. The van der Waals surface area contributed by atoms with Crippen LogP contribution in [0, 0.1) is 20.8 Å². The van der Waals surface area contributed by atoms with Crippen LogP contribution in [-0.4, -0.2) is 42.0 Å². The molecule has 172 valence electrons. The van der Waals surface area contributed by atoms with Crippen molar-refractivity contribution >= 4 is 17.6 Å². The molecule has 0 radical (unpaired) electrons. The first-order valence-electron chi connectivity index (χ1n) is 11.7. The molecule has 1 unspecified atom stereocenters. The molecule has 1 fully saturated rings. The molecule has 1 atom stereocenters. The number of rotatable bonds is 7. The lowest BCUT2D eigenvalue weighted by atomic mass is 10.0. The normalized spacial score (nSPS) is 16.6. The Bertz CT molecular complexity index is 908. The molecule has 1 heterocycles. The highest BCUT2D eigenvalue weighted by molar-refractivity contribution is 5.95. The number of anilines is 1. The number of nitrogens with zero attached hydrogens (tertiary/aromatic N) is 1. The summed E-state index contributed by atoms with van der Waals surface area (Å²) in [5, 5.41) is 3.17. The van der Waals surface area contributed by atoms with Crippen LogP contribution in [0.3, 0.4) is 0 Å². The summed E-state index contributed by atoms with van der Waals surface area (Å²) in [5.41, 5.74) is 5.16. The average Bonchev–Trinajstić information content (AvgIpc) is 3.01. The van der Waals surface area contributed by atoms with Gasteiger partial charge in [0.15, 0.2) is 12.6 Å². The summed E-state index contributed by atoms with van der Waals surface area (Å²) in [6.45, 7) is 10.2. The Kier molecular flexibility index (Phi) is 8.08. The maximum Gasteiger partial charge on any atom is 0.362 e. The molecule has 0 aromatic heterocycles. The van der Waals surface area contributed by atoms with Gasteiger partial charge in [-0.3, -0.25) is 4.79 Å². The Labute approximate surface area is 192 Å². The van der Waals surface area contributed by atoms with Gasteiger partial charge < -0.3 is 14.5 Å². The van der Waals surface area contributed by atoms with E-state index in [1.54, 1.807) is 0 Å². The van der Waals surface area contributed by atoms with Gasteiger partial charge >= 0.3 is 5.97 Å². The number of hydrogen-bond acceptors (Lipinski definition) is 3. The van der Waals surface area contributed by atoms with Gasteiger partial charge in [-0.2, -0.15) is 0 Å². The highest BCUT2D eigenvalue weighted by Crippen LogP contribution is 2.26. The molecule has 1 amide bonds. The van der Waals surface area contributed by atoms with Crippen LogP contribution in [-0.2, 0) is 20.9 Å². The van der Waals surface area contributed by atoms with E-state index in [4.69, 9.17) is 4.74 Å². The first kappa shape index (κ1) is 24.0. The van der Waals surface area contributed by atoms with Gasteiger partial charge in [0.1, 0.15) is 6.61 Å². The van der Waals surface area contributed by atoms with Crippen LogP contribution in [0.5, 0.6) is 0 Å². The summed E-state index contributed by atoms with van der Waals surface area (Å²) >= 11 is 0. The summed E-state index contributed by atoms with van der Waals surface area (Å²) < 4.78 is 6.07. The van der Waals surface area contributed by atoms with Gasteiger partial charge in [-0.05, 0) is 70.1 Å². The van der Waals surface area contributed by atoms with Crippen molar-refractivity contribution in [3.8, 4) is 0 Å². The summed E-state index contributed by atoms with van der Waals surface area (Å²) in [5.74, 6) is -0.268. The van der Waals surface area contributed by atoms with Crippen molar-refractivity contribution in [3.63, 3.8) is 0 Å². The van der Waals surface area contributed by atoms with Crippen LogP contribution in [0.4, 0.5) is 5.69 Å². The number of benzene rings is 2. The van der Waals surface area contributed by atoms with E-state index >= 15 is 0 Å². The molecule has 2 aromatic rings. The largest absolute Gasteiger partial charge is 0.457 e. The van der Waals surface area contributed by atoms with Crippen molar-refractivity contribution in [3.05, 3.63) is 64.7 Å². The Balaban J connectivity index is 1.74. The number of esters is 1. The molecule has 2 aromatic carbocycles. The lowest BCUT2D eigenvalue weighted by Gasteiger charge is -2.41. The number of amides is 1. The molecular weight excluding hydrogens is 400 g/mol. The van der Waals surface area contributed by atoms with Gasteiger partial charge in [-0.25, -0.2) is 4.79 Å². The minimum atomic E-state index is -0.336. The number of likely N-dealkylation sites (tertiary alicyclic amines) is 1. The molecule has 0 saturated carbocycles. The van der Waals surface area contributed by atoms with Gasteiger partial charge in [-0.15, -0.1) is 0 Å². The molecule has 0 aliphatic carbocycles. The van der Waals surface area contributed by atoms with Crippen LogP contribution in [0.2, 0.25) is 0 Å². The zero-order chi connectivity index (χ0) is 23.1. The van der Waals surface area contributed by atoms with Crippen molar-refractivity contribution < 1.29 is 18.8 Å². The lowest BCUT2D eigenvalue weighted by Crippen LogP contribution is -2.61. The molecule has 0 bridgehead atoms. The highest BCUT2D eigenvalue weighted by atomic mass is 16.5. The fourth-order valence-electron chi connectivity index (χ4n) is 4.90. The minimum absolute atomic E-state index is 0.0298. The number of quaternary nitrogens is 1. The number of aryl methyl sites for hydroxylation is 3. The number of ether oxygens (including phenoxy) is 1. The Morgan fingerprint density at radius 1 is 0.969 bits per heavy atom. The van der Waals surface area contributed by atoms with Crippen molar-refractivity contribution in [2.45, 2.75) is 66.0 Å². The number of nitrogens with one attached hydrogen (secondary N) is 1. The molecule has 1 aliphatic heterocycles.